The van der Waals surface area contributed by atoms with Crippen LogP contribution in [0.15, 0.2) is 24.3 Å². The van der Waals surface area contributed by atoms with Gasteiger partial charge in [-0.2, -0.15) is 11.8 Å². The lowest BCUT2D eigenvalue weighted by Gasteiger charge is -2.16. The molecule has 4 heteroatoms. The fourth-order valence-corrected chi connectivity index (χ4v) is 3.07. The number of anilines is 1. The lowest BCUT2D eigenvalue weighted by molar-refractivity contribution is -0.117. The van der Waals surface area contributed by atoms with E-state index in [-0.39, 0.29) is 5.91 Å². The Labute approximate surface area is 121 Å². The number of thioether (sulfide) groups is 1. The van der Waals surface area contributed by atoms with Crippen LogP contribution in [0.4, 0.5) is 5.69 Å². The van der Waals surface area contributed by atoms with Crippen molar-refractivity contribution in [3.8, 4) is 0 Å². The zero-order valence-electron chi connectivity index (χ0n) is 10.6. The maximum atomic E-state index is 11.9. The summed E-state index contributed by atoms with van der Waals surface area (Å²) in [5.74, 6) is 1.85. The molecule has 0 radical (unpaired) electrons. The Morgan fingerprint density at radius 2 is 2.11 bits per heavy atom. The van der Waals surface area contributed by atoms with Crippen LogP contribution < -0.4 is 4.90 Å². The summed E-state index contributed by atoms with van der Waals surface area (Å²) in [5.41, 5.74) is 2.38. The predicted molar refractivity (Wildman–Crippen MR) is 82.8 cm³/mol. The van der Waals surface area contributed by atoms with Crippen LogP contribution >= 0.6 is 27.7 Å². The highest BCUT2D eigenvalue weighted by Crippen LogP contribution is 2.26. The second-order valence-electron chi connectivity index (χ2n) is 4.64. The number of nitrogens with zero attached hydrogens (tertiary/aromatic N) is 1. The number of benzene rings is 1. The predicted octanol–water partition coefficient (Wildman–Crippen LogP) is 3.34. The summed E-state index contributed by atoms with van der Waals surface area (Å²) < 4.78 is 0. The average Bonchev–Trinajstić information content (AvgIpc) is 2.78. The van der Waals surface area contributed by atoms with Crippen molar-refractivity contribution in [3.05, 3.63) is 29.8 Å². The van der Waals surface area contributed by atoms with Crippen molar-refractivity contribution in [2.45, 2.75) is 12.8 Å². The smallest absolute Gasteiger partial charge is 0.227 e. The second kappa shape index (κ2) is 6.62. The molecule has 0 saturated carbocycles. The zero-order valence-corrected chi connectivity index (χ0v) is 13.0. The monoisotopic (exact) mass is 327 g/mol. The van der Waals surface area contributed by atoms with E-state index < -0.39 is 0 Å². The average molecular weight is 328 g/mol. The van der Waals surface area contributed by atoms with E-state index in [1.165, 1.54) is 5.56 Å². The van der Waals surface area contributed by atoms with Crippen molar-refractivity contribution in [3.63, 3.8) is 0 Å². The normalized spacial score (nSPS) is 19.6. The molecule has 1 aromatic rings. The Balaban J connectivity index is 2.03. The van der Waals surface area contributed by atoms with Crippen LogP contribution in [0.25, 0.3) is 0 Å². The highest BCUT2D eigenvalue weighted by atomic mass is 79.9. The molecule has 18 heavy (non-hydrogen) atoms. The number of carbonyl (C=O) groups excluding carboxylic acids is 1. The molecule has 2 nitrogen and oxygen atoms in total. The van der Waals surface area contributed by atoms with Crippen LogP contribution in [-0.4, -0.2) is 29.8 Å². The number of alkyl halides is 1. The van der Waals surface area contributed by atoms with Gasteiger partial charge < -0.3 is 4.90 Å². The first-order valence-electron chi connectivity index (χ1n) is 6.18. The summed E-state index contributed by atoms with van der Waals surface area (Å²) in [6.45, 7) is 0.842. The van der Waals surface area contributed by atoms with Crippen molar-refractivity contribution < 1.29 is 4.79 Å². The van der Waals surface area contributed by atoms with Gasteiger partial charge in [-0.1, -0.05) is 28.1 Å². The van der Waals surface area contributed by atoms with Crippen molar-refractivity contribution in [1.29, 1.82) is 0 Å². The van der Waals surface area contributed by atoms with Gasteiger partial charge >= 0.3 is 0 Å². The Kier molecular flexibility index (Phi) is 5.13. The summed E-state index contributed by atoms with van der Waals surface area (Å²) in [5, 5.41) is 0.904. The summed E-state index contributed by atoms with van der Waals surface area (Å²) in [7, 11) is 0. The number of aryl methyl sites for hydroxylation is 1. The molecule has 1 aromatic carbocycles. The van der Waals surface area contributed by atoms with Crippen molar-refractivity contribution in [2.75, 3.05) is 28.8 Å². The van der Waals surface area contributed by atoms with E-state index >= 15 is 0 Å². The lowest BCUT2D eigenvalue weighted by atomic mass is 10.1. The lowest BCUT2D eigenvalue weighted by Crippen LogP contribution is -2.24. The molecule has 0 aromatic heterocycles. The standard InChI is InChI=1S/C14H18BrNOS/c1-18-7-6-11-2-4-13(5-3-11)16-10-12(9-15)8-14(16)17/h2-5,12H,6-10H2,1H3. The van der Waals surface area contributed by atoms with Gasteiger partial charge in [-0.05, 0) is 42.0 Å². The van der Waals surface area contributed by atoms with Crippen LogP contribution in [0.5, 0.6) is 0 Å². The van der Waals surface area contributed by atoms with E-state index in [0.29, 0.717) is 12.3 Å². The molecule has 1 unspecified atom stereocenters. The molecule has 0 N–H and O–H groups in total. The minimum absolute atomic E-state index is 0.247. The van der Waals surface area contributed by atoms with Gasteiger partial charge in [0.25, 0.3) is 0 Å². The van der Waals surface area contributed by atoms with Gasteiger partial charge in [0.05, 0.1) is 0 Å². The maximum Gasteiger partial charge on any atom is 0.227 e. The Morgan fingerprint density at radius 1 is 1.39 bits per heavy atom. The van der Waals surface area contributed by atoms with Crippen LogP contribution in [0.2, 0.25) is 0 Å². The van der Waals surface area contributed by atoms with Gasteiger partial charge in [-0.3, -0.25) is 4.79 Å². The minimum atomic E-state index is 0.247. The van der Waals surface area contributed by atoms with Gasteiger partial charge in [-0.25, -0.2) is 0 Å². The molecular weight excluding hydrogens is 310 g/mol. The molecule has 1 atom stereocenters. The number of halogens is 1. The van der Waals surface area contributed by atoms with Crippen LogP contribution in [0, 0.1) is 5.92 Å². The molecule has 98 valence electrons. The zero-order chi connectivity index (χ0) is 13.0. The number of hydrogen-bond donors (Lipinski definition) is 0. The summed E-state index contributed by atoms with van der Waals surface area (Å²) in [4.78, 5) is 13.8. The number of amides is 1. The molecule has 1 saturated heterocycles. The van der Waals surface area contributed by atoms with Gasteiger partial charge in [0, 0.05) is 24.0 Å². The first kappa shape index (κ1) is 13.9. The Hall–Kier alpha value is -0.480. The minimum Gasteiger partial charge on any atom is -0.312 e. The molecule has 2 rings (SSSR count). The van der Waals surface area contributed by atoms with E-state index in [9.17, 15) is 4.79 Å². The Morgan fingerprint density at radius 3 is 2.67 bits per heavy atom. The number of hydrogen-bond acceptors (Lipinski definition) is 2. The number of rotatable bonds is 5. The summed E-state index contributed by atoms with van der Waals surface area (Å²) in [6, 6.07) is 8.43. The maximum absolute atomic E-state index is 11.9. The van der Waals surface area contributed by atoms with Crippen molar-refractivity contribution in [1.82, 2.24) is 0 Å². The topological polar surface area (TPSA) is 20.3 Å². The third-order valence-electron chi connectivity index (χ3n) is 3.27. The molecule has 1 amide bonds. The third-order valence-corrected chi connectivity index (χ3v) is 4.79. The molecule has 0 bridgehead atoms. The molecule has 0 spiro atoms. The highest BCUT2D eigenvalue weighted by molar-refractivity contribution is 9.09. The highest BCUT2D eigenvalue weighted by Gasteiger charge is 2.29. The SMILES string of the molecule is CSCCc1ccc(N2CC(CBr)CC2=O)cc1. The molecule has 1 aliphatic rings. The fourth-order valence-electron chi connectivity index (χ4n) is 2.20. The molecule has 1 aliphatic heterocycles. The van der Waals surface area contributed by atoms with Crippen LogP contribution in [-0.2, 0) is 11.2 Å². The van der Waals surface area contributed by atoms with E-state index in [0.717, 1.165) is 29.7 Å². The fraction of sp³-hybridized carbons (Fsp3) is 0.500. The molecular formula is C14H18BrNOS. The van der Waals surface area contributed by atoms with Crippen LogP contribution in [0.1, 0.15) is 12.0 Å². The quantitative estimate of drug-likeness (QED) is 0.773. The molecule has 1 fully saturated rings. The van der Waals surface area contributed by atoms with E-state index in [2.05, 4.69) is 46.5 Å². The Bertz CT molecular complexity index is 407. The van der Waals surface area contributed by atoms with E-state index in [1.807, 2.05) is 16.7 Å². The van der Waals surface area contributed by atoms with E-state index in [4.69, 9.17) is 0 Å². The largest absolute Gasteiger partial charge is 0.312 e. The summed E-state index contributed by atoms with van der Waals surface area (Å²) in [6.07, 6.45) is 3.89. The van der Waals surface area contributed by atoms with Gasteiger partial charge in [0.15, 0.2) is 0 Å². The first-order valence-corrected chi connectivity index (χ1v) is 8.70. The van der Waals surface area contributed by atoms with Gasteiger partial charge in [-0.15, -0.1) is 0 Å². The molecule has 1 heterocycles. The second-order valence-corrected chi connectivity index (χ2v) is 6.27. The summed E-state index contributed by atoms with van der Waals surface area (Å²) >= 11 is 5.32. The van der Waals surface area contributed by atoms with Crippen molar-refractivity contribution in [2.24, 2.45) is 5.92 Å². The van der Waals surface area contributed by atoms with E-state index in [1.54, 1.807) is 0 Å². The first-order chi connectivity index (χ1) is 8.74. The number of carbonyl (C=O) groups is 1. The van der Waals surface area contributed by atoms with Gasteiger partial charge in [0.1, 0.15) is 0 Å². The van der Waals surface area contributed by atoms with Gasteiger partial charge in [0.2, 0.25) is 5.91 Å². The van der Waals surface area contributed by atoms with Crippen molar-refractivity contribution >= 4 is 39.3 Å². The molecule has 0 aliphatic carbocycles. The van der Waals surface area contributed by atoms with Crippen LogP contribution in [0.3, 0.4) is 0 Å². The third kappa shape index (κ3) is 3.29.